The minimum Gasteiger partial charge on any atom is -0.393 e. The van der Waals surface area contributed by atoms with Gasteiger partial charge in [0.15, 0.2) is 0 Å². The number of esters is 2. The maximum atomic E-state index is 11.5. The standard InChI is InChI=1S/C21H40O3/c1-3-5-7-8-9-10-11-12-13-14-15-16-17-19-21(23)24-20(22)18-6-4-2/h3-19H2,1-2H3. The van der Waals surface area contributed by atoms with Crippen LogP contribution in [0.25, 0.3) is 0 Å². The van der Waals surface area contributed by atoms with E-state index < -0.39 is 0 Å². The van der Waals surface area contributed by atoms with E-state index in [1.807, 2.05) is 6.92 Å². The van der Waals surface area contributed by atoms with Crippen molar-refractivity contribution in [3.63, 3.8) is 0 Å². The third-order valence-electron chi connectivity index (χ3n) is 4.45. The Morgan fingerprint density at radius 2 is 0.833 bits per heavy atom. The van der Waals surface area contributed by atoms with Gasteiger partial charge in [-0.05, 0) is 12.8 Å². The minimum absolute atomic E-state index is 0.348. The molecule has 3 heteroatoms. The Bertz CT molecular complexity index is 299. The third kappa shape index (κ3) is 17.5. The van der Waals surface area contributed by atoms with Crippen molar-refractivity contribution >= 4 is 11.9 Å². The number of hydrogen-bond acceptors (Lipinski definition) is 3. The van der Waals surface area contributed by atoms with Crippen LogP contribution in [0, 0.1) is 0 Å². The molecule has 0 aromatic rings. The van der Waals surface area contributed by atoms with Crippen molar-refractivity contribution in [1.29, 1.82) is 0 Å². The maximum absolute atomic E-state index is 11.5. The zero-order valence-corrected chi connectivity index (χ0v) is 16.2. The Kier molecular flexibility index (Phi) is 17.8. The first-order valence-corrected chi connectivity index (χ1v) is 10.4. The average Bonchev–Trinajstić information content (AvgIpc) is 2.57. The molecular weight excluding hydrogens is 300 g/mol. The molecule has 0 aliphatic heterocycles. The highest BCUT2D eigenvalue weighted by Gasteiger charge is 2.09. The summed E-state index contributed by atoms with van der Waals surface area (Å²) in [5, 5.41) is 0. The molecule has 0 unspecified atom stereocenters. The van der Waals surface area contributed by atoms with Crippen LogP contribution in [0.4, 0.5) is 0 Å². The smallest absolute Gasteiger partial charge is 0.313 e. The van der Waals surface area contributed by atoms with Gasteiger partial charge in [-0.1, -0.05) is 97.3 Å². The van der Waals surface area contributed by atoms with Gasteiger partial charge in [0.25, 0.3) is 0 Å². The van der Waals surface area contributed by atoms with E-state index in [2.05, 4.69) is 6.92 Å². The first kappa shape index (κ1) is 23.1. The van der Waals surface area contributed by atoms with Crippen molar-refractivity contribution in [1.82, 2.24) is 0 Å². The Hall–Kier alpha value is -0.860. The topological polar surface area (TPSA) is 43.4 Å². The lowest BCUT2D eigenvalue weighted by Gasteiger charge is -2.04. The molecule has 0 saturated carbocycles. The van der Waals surface area contributed by atoms with Gasteiger partial charge in [0.1, 0.15) is 0 Å². The van der Waals surface area contributed by atoms with Crippen LogP contribution < -0.4 is 0 Å². The molecule has 0 amide bonds. The van der Waals surface area contributed by atoms with Crippen molar-refractivity contribution in [2.24, 2.45) is 0 Å². The molecule has 0 fully saturated rings. The van der Waals surface area contributed by atoms with E-state index in [0.717, 1.165) is 25.7 Å². The summed E-state index contributed by atoms with van der Waals surface area (Å²) in [6, 6.07) is 0. The van der Waals surface area contributed by atoms with Crippen LogP contribution in [0.15, 0.2) is 0 Å². The van der Waals surface area contributed by atoms with E-state index in [1.165, 1.54) is 70.6 Å². The van der Waals surface area contributed by atoms with E-state index >= 15 is 0 Å². The molecule has 24 heavy (non-hydrogen) atoms. The van der Waals surface area contributed by atoms with Gasteiger partial charge >= 0.3 is 11.9 Å². The zero-order valence-electron chi connectivity index (χ0n) is 16.2. The molecule has 0 rings (SSSR count). The number of carbonyl (C=O) groups is 2. The summed E-state index contributed by atoms with van der Waals surface area (Å²) < 4.78 is 4.78. The second kappa shape index (κ2) is 18.5. The number of rotatable bonds is 17. The van der Waals surface area contributed by atoms with Gasteiger partial charge in [0.2, 0.25) is 0 Å². The SMILES string of the molecule is CCCCCCCCCCCCCCCC(=O)OC(=O)CCCC. The van der Waals surface area contributed by atoms with Gasteiger partial charge < -0.3 is 4.74 Å². The normalized spacial score (nSPS) is 10.8. The van der Waals surface area contributed by atoms with Gasteiger partial charge in [-0.15, -0.1) is 0 Å². The fraction of sp³-hybridized carbons (Fsp3) is 0.905. The second-order valence-corrected chi connectivity index (χ2v) is 6.94. The second-order valence-electron chi connectivity index (χ2n) is 6.94. The minimum atomic E-state index is -0.364. The monoisotopic (exact) mass is 340 g/mol. The lowest BCUT2D eigenvalue weighted by Crippen LogP contribution is -2.11. The highest BCUT2D eigenvalue weighted by Crippen LogP contribution is 2.13. The van der Waals surface area contributed by atoms with Crippen molar-refractivity contribution in [2.75, 3.05) is 0 Å². The van der Waals surface area contributed by atoms with E-state index in [1.54, 1.807) is 0 Å². The molecule has 0 bridgehead atoms. The van der Waals surface area contributed by atoms with Gasteiger partial charge in [-0.3, -0.25) is 9.59 Å². The Balaban J connectivity index is 3.22. The first-order valence-electron chi connectivity index (χ1n) is 10.4. The molecule has 0 aliphatic carbocycles. The highest BCUT2D eigenvalue weighted by molar-refractivity contribution is 5.85. The molecule has 0 N–H and O–H groups in total. The molecule has 0 atom stereocenters. The quantitative estimate of drug-likeness (QED) is 0.167. The first-order chi connectivity index (χ1) is 11.7. The molecule has 142 valence electrons. The van der Waals surface area contributed by atoms with Gasteiger partial charge in [0.05, 0.1) is 0 Å². The molecule has 0 aliphatic rings. The highest BCUT2D eigenvalue weighted by atomic mass is 16.6. The van der Waals surface area contributed by atoms with Gasteiger partial charge in [-0.2, -0.15) is 0 Å². The Morgan fingerprint density at radius 1 is 0.500 bits per heavy atom. The molecule has 0 radical (unpaired) electrons. The fourth-order valence-corrected chi connectivity index (χ4v) is 2.84. The number of ether oxygens (including phenoxy) is 1. The van der Waals surface area contributed by atoms with Crippen molar-refractivity contribution in [2.45, 2.75) is 123 Å². The van der Waals surface area contributed by atoms with Crippen LogP contribution in [-0.2, 0) is 14.3 Å². The van der Waals surface area contributed by atoms with Crippen LogP contribution in [0.2, 0.25) is 0 Å². The largest absolute Gasteiger partial charge is 0.393 e. The van der Waals surface area contributed by atoms with E-state index in [-0.39, 0.29) is 11.9 Å². The van der Waals surface area contributed by atoms with E-state index in [9.17, 15) is 9.59 Å². The summed E-state index contributed by atoms with van der Waals surface area (Å²) in [6.45, 7) is 4.28. The molecule has 0 aromatic carbocycles. The van der Waals surface area contributed by atoms with E-state index in [4.69, 9.17) is 4.74 Å². The summed E-state index contributed by atoms with van der Waals surface area (Å²) in [7, 11) is 0. The summed E-state index contributed by atoms with van der Waals surface area (Å²) >= 11 is 0. The molecule has 0 saturated heterocycles. The van der Waals surface area contributed by atoms with Crippen LogP contribution in [0.1, 0.15) is 123 Å². The molecule has 0 aromatic heterocycles. The lowest BCUT2D eigenvalue weighted by atomic mass is 10.0. The Labute approximate surface area is 149 Å². The zero-order chi connectivity index (χ0) is 17.9. The molecule has 0 spiro atoms. The lowest BCUT2D eigenvalue weighted by molar-refractivity contribution is -0.159. The summed E-state index contributed by atoms with van der Waals surface area (Å²) in [4.78, 5) is 22.8. The third-order valence-corrected chi connectivity index (χ3v) is 4.45. The predicted octanol–water partition coefficient (Wildman–Crippen LogP) is 6.73. The average molecular weight is 341 g/mol. The van der Waals surface area contributed by atoms with Crippen molar-refractivity contribution in [3.05, 3.63) is 0 Å². The van der Waals surface area contributed by atoms with Crippen LogP contribution in [0.3, 0.4) is 0 Å². The van der Waals surface area contributed by atoms with Crippen LogP contribution in [0.5, 0.6) is 0 Å². The van der Waals surface area contributed by atoms with Crippen molar-refractivity contribution in [3.8, 4) is 0 Å². The van der Waals surface area contributed by atoms with Crippen LogP contribution >= 0.6 is 0 Å². The molecule has 0 heterocycles. The number of hydrogen-bond donors (Lipinski definition) is 0. The summed E-state index contributed by atoms with van der Waals surface area (Å²) in [6.07, 6.45) is 19.2. The number of carbonyl (C=O) groups excluding carboxylic acids is 2. The fourth-order valence-electron chi connectivity index (χ4n) is 2.84. The summed E-state index contributed by atoms with van der Waals surface area (Å²) in [5.41, 5.74) is 0. The summed E-state index contributed by atoms with van der Waals surface area (Å²) in [5.74, 6) is -0.712. The number of unbranched alkanes of at least 4 members (excludes halogenated alkanes) is 13. The Morgan fingerprint density at radius 3 is 1.25 bits per heavy atom. The van der Waals surface area contributed by atoms with E-state index in [0.29, 0.717) is 12.8 Å². The predicted molar refractivity (Wildman–Crippen MR) is 101 cm³/mol. The van der Waals surface area contributed by atoms with Gasteiger partial charge in [0, 0.05) is 12.8 Å². The van der Waals surface area contributed by atoms with Crippen LogP contribution in [-0.4, -0.2) is 11.9 Å². The molecule has 3 nitrogen and oxygen atoms in total. The molecular formula is C21H40O3. The van der Waals surface area contributed by atoms with Crippen molar-refractivity contribution < 1.29 is 14.3 Å². The van der Waals surface area contributed by atoms with Gasteiger partial charge in [-0.25, -0.2) is 0 Å². The maximum Gasteiger partial charge on any atom is 0.313 e.